The van der Waals surface area contributed by atoms with E-state index in [9.17, 15) is 9.90 Å². The number of benzene rings is 2. The molecule has 0 fully saturated rings. The van der Waals surface area contributed by atoms with Crippen LogP contribution in [0.5, 0.6) is 17.4 Å². The third-order valence-corrected chi connectivity index (χ3v) is 3.38. The van der Waals surface area contributed by atoms with Crippen molar-refractivity contribution in [2.45, 2.75) is 0 Å². The second-order valence-corrected chi connectivity index (χ2v) is 4.68. The van der Waals surface area contributed by atoms with Gasteiger partial charge in [0.2, 0.25) is 5.43 Å². The molecule has 0 aliphatic heterocycles. The van der Waals surface area contributed by atoms with Crippen LogP contribution < -0.4 is 14.9 Å². The number of ether oxygens (including phenoxy) is 2. The zero-order valence-electron chi connectivity index (χ0n) is 12.1. The van der Waals surface area contributed by atoms with Gasteiger partial charge in [0.25, 0.3) is 5.95 Å². The van der Waals surface area contributed by atoms with Gasteiger partial charge in [-0.25, -0.2) is 0 Å². The summed E-state index contributed by atoms with van der Waals surface area (Å²) in [6, 6.07) is 11.8. The van der Waals surface area contributed by atoms with Crippen LogP contribution >= 0.6 is 0 Å². The minimum Gasteiger partial charge on any atom is -0.508 e. The number of hydrogen-bond donors (Lipinski definition) is 1. The van der Waals surface area contributed by atoms with E-state index in [1.165, 1.54) is 26.4 Å². The van der Waals surface area contributed by atoms with E-state index >= 15 is 0 Å². The van der Waals surface area contributed by atoms with E-state index in [-0.39, 0.29) is 33.8 Å². The smallest absolute Gasteiger partial charge is 0.296 e. The number of fused-ring (bicyclic) bond motifs is 1. The van der Waals surface area contributed by atoms with E-state index in [0.717, 1.165) is 0 Å². The van der Waals surface area contributed by atoms with Crippen LogP contribution in [0.15, 0.2) is 51.7 Å². The molecule has 1 aromatic heterocycles. The fraction of sp³-hybridized carbons (Fsp3) is 0.118. The highest BCUT2D eigenvalue weighted by Gasteiger charge is 2.20. The summed E-state index contributed by atoms with van der Waals surface area (Å²) >= 11 is 0. The molecule has 0 unspecified atom stereocenters. The van der Waals surface area contributed by atoms with Gasteiger partial charge in [-0.2, -0.15) is 0 Å². The van der Waals surface area contributed by atoms with Crippen molar-refractivity contribution in [2.75, 3.05) is 14.2 Å². The first kappa shape index (κ1) is 14.0. The van der Waals surface area contributed by atoms with E-state index < -0.39 is 0 Å². The topological polar surface area (TPSA) is 68.9 Å². The lowest BCUT2D eigenvalue weighted by Gasteiger charge is -2.11. The minimum absolute atomic E-state index is 0.0537. The number of phenolic OH excluding ortho intramolecular Hbond substituents is 1. The number of rotatable bonds is 3. The summed E-state index contributed by atoms with van der Waals surface area (Å²) in [6.07, 6.45) is 0. The van der Waals surface area contributed by atoms with Crippen LogP contribution in [0.3, 0.4) is 0 Å². The lowest BCUT2D eigenvalue weighted by Crippen LogP contribution is -2.08. The van der Waals surface area contributed by atoms with Crippen LogP contribution in [-0.4, -0.2) is 19.3 Å². The van der Waals surface area contributed by atoms with Gasteiger partial charge in [0, 0.05) is 12.1 Å². The van der Waals surface area contributed by atoms with Gasteiger partial charge in [-0.15, -0.1) is 0 Å². The zero-order valence-corrected chi connectivity index (χ0v) is 12.1. The Kier molecular flexibility index (Phi) is 3.47. The molecule has 1 heterocycles. The zero-order chi connectivity index (χ0) is 15.7. The average molecular weight is 298 g/mol. The third-order valence-electron chi connectivity index (χ3n) is 3.38. The van der Waals surface area contributed by atoms with E-state index in [1.54, 1.807) is 12.1 Å². The van der Waals surface area contributed by atoms with Gasteiger partial charge >= 0.3 is 0 Å². The van der Waals surface area contributed by atoms with Crippen molar-refractivity contribution in [1.82, 2.24) is 0 Å². The van der Waals surface area contributed by atoms with Gasteiger partial charge < -0.3 is 19.0 Å². The average Bonchev–Trinajstić information content (AvgIpc) is 2.54. The number of hydrogen-bond acceptors (Lipinski definition) is 5. The van der Waals surface area contributed by atoms with E-state index in [0.29, 0.717) is 11.1 Å². The number of aromatic hydroxyl groups is 1. The number of phenols is 1. The SMILES string of the molecule is COc1oc2cc(O)cc(OC)c2c(=O)c1-c1ccccc1. The van der Waals surface area contributed by atoms with E-state index in [4.69, 9.17) is 13.9 Å². The molecule has 0 atom stereocenters. The molecular weight excluding hydrogens is 284 g/mol. The Bertz CT molecular complexity index is 881. The van der Waals surface area contributed by atoms with Gasteiger partial charge in [-0.05, 0) is 5.56 Å². The molecule has 0 saturated heterocycles. The Balaban J connectivity index is 2.45. The van der Waals surface area contributed by atoms with Gasteiger partial charge in [0.15, 0.2) is 0 Å². The molecule has 0 aliphatic rings. The van der Waals surface area contributed by atoms with Crippen molar-refractivity contribution in [3.05, 3.63) is 52.7 Å². The first-order valence-corrected chi connectivity index (χ1v) is 6.63. The second kappa shape index (κ2) is 5.44. The van der Waals surface area contributed by atoms with Crippen molar-refractivity contribution in [3.8, 4) is 28.6 Å². The van der Waals surface area contributed by atoms with Gasteiger partial charge in [0.1, 0.15) is 28.0 Å². The van der Waals surface area contributed by atoms with E-state index in [1.807, 2.05) is 18.2 Å². The highest BCUT2D eigenvalue weighted by molar-refractivity contribution is 5.89. The van der Waals surface area contributed by atoms with Gasteiger partial charge in [0.05, 0.1) is 14.2 Å². The summed E-state index contributed by atoms with van der Waals surface area (Å²) in [5, 5.41) is 9.96. The highest BCUT2D eigenvalue weighted by Crippen LogP contribution is 2.35. The molecule has 0 aliphatic carbocycles. The second-order valence-electron chi connectivity index (χ2n) is 4.68. The van der Waals surface area contributed by atoms with Crippen molar-refractivity contribution < 1.29 is 19.0 Å². The molecule has 2 aromatic carbocycles. The Morgan fingerprint density at radius 2 is 1.77 bits per heavy atom. The summed E-state index contributed by atoms with van der Waals surface area (Å²) < 4.78 is 16.0. The van der Waals surface area contributed by atoms with Gasteiger partial charge in [-0.3, -0.25) is 4.79 Å². The first-order chi connectivity index (χ1) is 10.7. The predicted molar refractivity (Wildman–Crippen MR) is 82.7 cm³/mol. The van der Waals surface area contributed by atoms with Crippen LogP contribution in [0.2, 0.25) is 0 Å². The highest BCUT2D eigenvalue weighted by atomic mass is 16.6. The molecule has 0 bridgehead atoms. The maximum absolute atomic E-state index is 12.9. The quantitative estimate of drug-likeness (QED) is 0.804. The summed E-state index contributed by atoms with van der Waals surface area (Å²) in [7, 11) is 2.86. The maximum Gasteiger partial charge on any atom is 0.296 e. The molecular formula is C17H14O5. The Hall–Kier alpha value is -2.95. The summed E-state index contributed by atoms with van der Waals surface area (Å²) in [6.45, 7) is 0. The molecule has 5 nitrogen and oxygen atoms in total. The van der Waals surface area contributed by atoms with Crippen LogP contribution in [0, 0.1) is 0 Å². The normalized spacial score (nSPS) is 10.6. The fourth-order valence-electron chi connectivity index (χ4n) is 2.41. The Morgan fingerprint density at radius 3 is 2.41 bits per heavy atom. The van der Waals surface area contributed by atoms with Crippen LogP contribution in [0.4, 0.5) is 0 Å². The minimum atomic E-state index is -0.277. The van der Waals surface area contributed by atoms with Crippen LogP contribution in [0.1, 0.15) is 0 Å². The lowest BCUT2D eigenvalue weighted by molar-refractivity contribution is 0.311. The van der Waals surface area contributed by atoms with E-state index in [2.05, 4.69) is 0 Å². The molecule has 1 N–H and O–H groups in total. The fourth-order valence-corrected chi connectivity index (χ4v) is 2.41. The predicted octanol–water partition coefficient (Wildman–Crippen LogP) is 3.18. The molecule has 112 valence electrons. The third kappa shape index (κ3) is 2.16. The van der Waals surface area contributed by atoms with Gasteiger partial charge in [-0.1, -0.05) is 30.3 Å². The van der Waals surface area contributed by atoms with Crippen molar-refractivity contribution >= 4 is 11.0 Å². The first-order valence-electron chi connectivity index (χ1n) is 6.63. The molecule has 3 aromatic rings. The molecule has 0 amide bonds. The molecule has 22 heavy (non-hydrogen) atoms. The Morgan fingerprint density at radius 1 is 1.05 bits per heavy atom. The van der Waals surface area contributed by atoms with Crippen molar-refractivity contribution in [1.29, 1.82) is 0 Å². The van der Waals surface area contributed by atoms with Crippen LogP contribution in [-0.2, 0) is 0 Å². The summed E-state index contributed by atoms with van der Waals surface area (Å²) in [5.74, 6) is 0.293. The van der Waals surface area contributed by atoms with Crippen molar-refractivity contribution in [2.24, 2.45) is 0 Å². The maximum atomic E-state index is 12.9. The lowest BCUT2D eigenvalue weighted by atomic mass is 10.0. The largest absolute Gasteiger partial charge is 0.508 e. The number of methoxy groups -OCH3 is 2. The van der Waals surface area contributed by atoms with Crippen LogP contribution in [0.25, 0.3) is 22.1 Å². The van der Waals surface area contributed by atoms with Crippen molar-refractivity contribution in [3.63, 3.8) is 0 Å². The summed E-state index contributed by atoms with van der Waals surface area (Å²) in [4.78, 5) is 12.9. The Labute approximate surface area is 126 Å². The molecule has 0 saturated carbocycles. The molecule has 3 rings (SSSR count). The molecule has 0 radical (unpaired) electrons. The monoisotopic (exact) mass is 298 g/mol. The molecule has 5 heteroatoms. The standard InChI is InChI=1S/C17H14O5/c1-20-12-8-11(18)9-13-15(12)16(19)14(17(21-2)22-13)10-6-4-3-5-7-10/h3-9,18H,1-2H3. The summed E-state index contributed by atoms with van der Waals surface area (Å²) in [5.41, 5.74) is 0.934. The molecule has 0 spiro atoms.